The topological polar surface area (TPSA) is 68.2 Å². The van der Waals surface area contributed by atoms with Gasteiger partial charge in [-0.1, -0.05) is 30.7 Å². The molecule has 0 atom stereocenters. The monoisotopic (exact) mass is 434 g/mol. The molecule has 0 aliphatic rings. The van der Waals surface area contributed by atoms with Crippen molar-refractivity contribution in [3.05, 3.63) is 63.8 Å². The van der Waals surface area contributed by atoms with Crippen molar-refractivity contribution >= 4 is 56.9 Å². The van der Waals surface area contributed by atoms with Crippen LogP contribution in [0.3, 0.4) is 0 Å². The first-order valence-electron chi connectivity index (χ1n) is 8.54. The number of thiophene rings is 1. The van der Waals surface area contributed by atoms with Gasteiger partial charge >= 0.3 is 5.97 Å². The van der Waals surface area contributed by atoms with Crippen molar-refractivity contribution in [1.82, 2.24) is 9.78 Å². The third-order valence-corrected chi connectivity index (χ3v) is 5.56. The number of methoxy groups -OCH3 is 1. The highest BCUT2D eigenvalue weighted by atomic mass is 35.5. The number of ether oxygens (including phenoxy) is 1. The number of aromatic nitrogens is 2. The molecular weight excluding hydrogens is 416 g/mol. The maximum Gasteiger partial charge on any atom is 0.340 e. The highest BCUT2D eigenvalue weighted by Crippen LogP contribution is 2.29. The summed E-state index contributed by atoms with van der Waals surface area (Å²) in [4.78, 5) is 13.0. The average Bonchev–Trinajstić information content (AvgIpc) is 3.29. The van der Waals surface area contributed by atoms with Crippen LogP contribution in [0.5, 0.6) is 0 Å². The van der Waals surface area contributed by atoms with E-state index in [1.807, 2.05) is 43.5 Å². The Kier molecular flexibility index (Phi) is 6.66. The largest absolute Gasteiger partial charge is 0.465 e. The third kappa shape index (κ3) is 5.09. The summed E-state index contributed by atoms with van der Waals surface area (Å²) < 4.78 is 6.64. The zero-order chi connectivity index (χ0) is 20.1. The molecule has 3 rings (SSSR count). The first-order chi connectivity index (χ1) is 13.5. The van der Waals surface area contributed by atoms with Crippen LogP contribution in [0.1, 0.15) is 27.7 Å². The molecule has 3 aromatic rings. The van der Waals surface area contributed by atoms with E-state index >= 15 is 0 Å². The quantitative estimate of drug-likeness (QED) is 0.429. The van der Waals surface area contributed by atoms with E-state index in [2.05, 4.69) is 15.7 Å². The molecule has 6 nitrogen and oxygen atoms in total. The van der Waals surface area contributed by atoms with Crippen molar-refractivity contribution in [2.24, 2.45) is 0 Å². The minimum absolute atomic E-state index is 0.376. The van der Waals surface area contributed by atoms with Crippen LogP contribution in [0.25, 0.3) is 0 Å². The van der Waals surface area contributed by atoms with Gasteiger partial charge in [0.25, 0.3) is 0 Å². The SMILES string of the molecule is CCc1cc(C(=O)OC)c(NC(=S)Nc2cnn(Cc3ccc(Cl)cc3)c2)s1. The molecule has 0 amide bonds. The molecule has 0 radical (unpaired) electrons. The Labute approximate surface area is 177 Å². The van der Waals surface area contributed by atoms with Gasteiger partial charge in [0.2, 0.25) is 0 Å². The van der Waals surface area contributed by atoms with Crippen LogP contribution < -0.4 is 10.6 Å². The first-order valence-corrected chi connectivity index (χ1v) is 10.1. The first kappa shape index (κ1) is 20.3. The second kappa shape index (κ2) is 9.18. The van der Waals surface area contributed by atoms with Crippen molar-refractivity contribution in [2.45, 2.75) is 19.9 Å². The smallest absolute Gasteiger partial charge is 0.340 e. The number of nitrogens with one attached hydrogen (secondary N) is 2. The maximum atomic E-state index is 12.0. The Balaban J connectivity index is 1.64. The normalized spacial score (nSPS) is 10.5. The molecule has 0 aliphatic carbocycles. The predicted octanol–water partition coefficient (Wildman–Crippen LogP) is 4.80. The zero-order valence-electron chi connectivity index (χ0n) is 15.4. The molecular formula is C19H19ClN4O2S2. The fraction of sp³-hybridized carbons (Fsp3) is 0.211. The second-order valence-corrected chi connectivity index (χ2v) is 7.91. The fourth-order valence-electron chi connectivity index (χ4n) is 2.53. The molecule has 2 aromatic heterocycles. The molecule has 28 heavy (non-hydrogen) atoms. The third-order valence-electron chi connectivity index (χ3n) is 3.91. The van der Waals surface area contributed by atoms with E-state index in [4.69, 9.17) is 28.6 Å². The summed E-state index contributed by atoms with van der Waals surface area (Å²) in [6.45, 7) is 2.65. The number of hydrogen-bond donors (Lipinski definition) is 2. The summed E-state index contributed by atoms with van der Waals surface area (Å²) in [5.41, 5.74) is 2.32. The van der Waals surface area contributed by atoms with Gasteiger partial charge in [0.1, 0.15) is 5.00 Å². The van der Waals surface area contributed by atoms with Crippen molar-refractivity contribution in [2.75, 3.05) is 17.7 Å². The number of hydrogen-bond acceptors (Lipinski definition) is 5. The summed E-state index contributed by atoms with van der Waals surface area (Å²) in [6.07, 6.45) is 4.38. The molecule has 0 aliphatic heterocycles. The van der Waals surface area contributed by atoms with E-state index < -0.39 is 5.97 Å². The lowest BCUT2D eigenvalue weighted by Gasteiger charge is -2.08. The summed E-state index contributed by atoms with van der Waals surface area (Å²) in [6, 6.07) is 9.44. The van der Waals surface area contributed by atoms with Crippen LogP contribution in [-0.2, 0) is 17.7 Å². The number of aryl methyl sites for hydroxylation is 1. The standard InChI is InChI=1S/C19H19ClN4O2S2/c1-3-15-8-16(18(25)26-2)17(28-15)23-19(27)22-14-9-21-24(11-14)10-12-4-6-13(20)7-5-12/h4-9,11H,3,10H2,1-2H3,(H2,22,23,27). The molecule has 0 saturated carbocycles. The summed E-state index contributed by atoms with van der Waals surface area (Å²) >= 11 is 12.8. The van der Waals surface area contributed by atoms with Gasteiger partial charge in [-0.15, -0.1) is 11.3 Å². The fourth-order valence-corrected chi connectivity index (χ4v) is 3.93. The number of anilines is 2. The van der Waals surface area contributed by atoms with E-state index in [1.165, 1.54) is 18.4 Å². The number of carbonyl (C=O) groups is 1. The molecule has 0 bridgehead atoms. The highest BCUT2D eigenvalue weighted by molar-refractivity contribution is 7.80. The summed E-state index contributed by atoms with van der Waals surface area (Å²) in [7, 11) is 1.36. The van der Waals surface area contributed by atoms with Crippen LogP contribution in [0.15, 0.2) is 42.7 Å². The van der Waals surface area contributed by atoms with Crippen LogP contribution >= 0.6 is 35.2 Å². The highest BCUT2D eigenvalue weighted by Gasteiger charge is 2.17. The van der Waals surface area contributed by atoms with Gasteiger partial charge in [0, 0.05) is 16.1 Å². The molecule has 2 heterocycles. The van der Waals surface area contributed by atoms with Crippen molar-refractivity contribution in [3.8, 4) is 0 Å². The molecule has 0 fully saturated rings. The number of rotatable bonds is 6. The van der Waals surface area contributed by atoms with Crippen molar-refractivity contribution < 1.29 is 9.53 Å². The Morgan fingerprint density at radius 3 is 2.75 bits per heavy atom. The number of thiocarbonyl (C=S) groups is 1. The van der Waals surface area contributed by atoms with Crippen LogP contribution in [-0.4, -0.2) is 28.0 Å². The lowest BCUT2D eigenvalue weighted by atomic mass is 10.2. The molecule has 2 N–H and O–H groups in total. The van der Waals surface area contributed by atoms with E-state index in [1.54, 1.807) is 10.9 Å². The van der Waals surface area contributed by atoms with Crippen molar-refractivity contribution in [1.29, 1.82) is 0 Å². The van der Waals surface area contributed by atoms with E-state index in [0.29, 0.717) is 27.2 Å². The lowest BCUT2D eigenvalue weighted by molar-refractivity contribution is 0.0602. The van der Waals surface area contributed by atoms with Crippen LogP contribution in [0.4, 0.5) is 10.7 Å². The molecule has 9 heteroatoms. The van der Waals surface area contributed by atoms with E-state index in [0.717, 1.165) is 22.5 Å². The van der Waals surface area contributed by atoms with Gasteiger partial charge in [0.15, 0.2) is 5.11 Å². The molecule has 0 spiro atoms. The number of carbonyl (C=O) groups excluding carboxylic acids is 1. The molecule has 1 aromatic carbocycles. The summed E-state index contributed by atoms with van der Waals surface area (Å²) in [5.74, 6) is -0.392. The Bertz CT molecular complexity index is 982. The lowest BCUT2D eigenvalue weighted by Crippen LogP contribution is -2.19. The summed E-state index contributed by atoms with van der Waals surface area (Å²) in [5, 5.41) is 12.2. The van der Waals surface area contributed by atoms with Gasteiger partial charge in [-0.3, -0.25) is 4.68 Å². The number of halogens is 1. The van der Waals surface area contributed by atoms with Gasteiger partial charge in [-0.05, 0) is 42.4 Å². The molecule has 0 saturated heterocycles. The predicted molar refractivity (Wildman–Crippen MR) is 118 cm³/mol. The average molecular weight is 435 g/mol. The van der Waals surface area contributed by atoms with Gasteiger partial charge in [0.05, 0.1) is 31.1 Å². The van der Waals surface area contributed by atoms with Gasteiger partial charge in [-0.25, -0.2) is 4.79 Å². The van der Waals surface area contributed by atoms with Crippen molar-refractivity contribution in [3.63, 3.8) is 0 Å². The minimum atomic E-state index is -0.392. The van der Waals surface area contributed by atoms with E-state index in [-0.39, 0.29) is 0 Å². The van der Waals surface area contributed by atoms with E-state index in [9.17, 15) is 4.79 Å². The molecule has 146 valence electrons. The number of nitrogens with zero attached hydrogens (tertiary/aromatic N) is 2. The van der Waals surface area contributed by atoms with Crippen LogP contribution in [0, 0.1) is 0 Å². The van der Waals surface area contributed by atoms with Gasteiger partial charge in [-0.2, -0.15) is 5.10 Å². The zero-order valence-corrected chi connectivity index (χ0v) is 17.7. The minimum Gasteiger partial charge on any atom is -0.465 e. The van der Waals surface area contributed by atoms with Crippen LogP contribution in [0.2, 0.25) is 5.02 Å². The second-order valence-electron chi connectivity index (χ2n) is 5.93. The maximum absolute atomic E-state index is 12.0. The Morgan fingerprint density at radius 1 is 1.32 bits per heavy atom. The van der Waals surface area contributed by atoms with Gasteiger partial charge < -0.3 is 15.4 Å². The Morgan fingerprint density at radius 2 is 2.07 bits per heavy atom. The Hall–Kier alpha value is -2.42. The number of esters is 1. The number of benzene rings is 1. The molecule has 0 unspecified atom stereocenters.